The van der Waals surface area contributed by atoms with Crippen LogP contribution in [-0.4, -0.2) is 31.6 Å². The Morgan fingerprint density at radius 2 is 2.00 bits per heavy atom. The van der Waals surface area contributed by atoms with Gasteiger partial charge in [0.05, 0.1) is 12.7 Å². The lowest BCUT2D eigenvalue weighted by molar-refractivity contribution is -0.125. The van der Waals surface area contributed by atoms with Crippen LogP contribution in [0.3, 0.4) is 0 Å². The first-order chi connectivity index (χ1) is 10.2. The molecule has 0 heterocycles. The maximum absolute atomic E-state index is 11.9. The Kier molecular flexibility index (Phi) is 5.60. The first kappa shape index (κ1) is 15.4. The molecule has 2 rings (SSSR count). The minimum atomic E-state index is -0.521. The standard InChI is InChI=1S/C16H21NO4/c1-20-14-9-5-6-12(10-14)16(19)21-11-15(18)17-13-7-3-2-4-8-13/h5-6,9-10,13H,2-4,7-8,11H2,1H3,(H,17,18). The zero-order chi connectivity index (χ0) is 15.1. The van der Waals surface area contributed by atoms with Gasteiger partial charge < -0.3 is 14.8 Å². The molecule has 1 aromatic carbocycles. The van der Waals surface area contributed by atoms with E-state index < -0.39 is 5.97 Å². The van der Waals surface area contributed by atoms with Crippen molar-refractivity contribution in [1.29, 1.82) is 0 Å². The highest BCUT2D eigenvalue weighted by atomic mass is 16.5. The van der Waals surface area contributed by atoms with E-state index in [4.69, 9.17) is 9.47 Å². The number of esters is 1. The van der Waals surface area contributed by atoms with Crippen molar-refractivity contribution in [2.75, 3.05) is 13.7 Å². The molecule has 1 aliphatic carbocycles. The fourth-order valence-electron chi connectivity index (χ4n) is 2.48. The van der Waals surface area contributed by atoms with Crippen LogP contribution < -0.4 is 10.1 Å². The summed E-state index contributed by atoms with van der Waals surface area (Å²) < 4.78 is 10.1. The number of carbonyl (C=O) groups excluding carboxylic acids is 2. The highest BCUT2D eigenvalue weighted by Gasteiger charge is 2.17. The van der Waals surface area contributed by atoms with Crippen molar-refractivity contribution in [3.05, 3.63) is 29.8 Å². The third-order valence-corrected chi connectivity index (χ3v) is 3.61. The van der Waals surface area contributed by atoms with Crippen molar-refractivity contribution in [2.24, 2.45) is 0 Å². The van der Waals surface area contributed by atoms with E-state index in [0.717, 1.165) is 25.7 Å². The van der Waals surface area contributed by atoms with Gasteiger partial charge in [-0.1, -0.05) is 25.3 Å². The van der Waals surface area contributed by atoms with E-state index in [1.165, 1.54) is 13.5 Å². The lowest BCUT2D eigenvalue weighted by Gasteiger charge is -2.22. The summed E-state index contributed by atoms with van der Waals surface area (Å²) in [6.45, 7) is -0.244. The van der Waals surface area contributed by atoms with Crippen LogP contribution in [-0.2, 0) is 9.53 Å². The molecule has 0 bridgehead atoms. The predicted molar refractivity (Wildman–Crippen MR) is 78.3 cm³/mol. The van der Waals surface area contributed by atoms with Crippen LogP contribution in [0.25, 0.3) is 0 Å². The smallest absolute Gasteiger partial charge is 0.338 e. The van der Waals surface area contributed by atoms with Gasteiger partial charge in [0.2, 0.25) is 0 Å². The van der Waals surface area contributed by atoms with Gasteiger partial charge in [0.15, 0.2) is 6.61 Å². The van der Waals surface area contributed by atoms with E-state index >= 15 is 0 Å². The minimum Gasteiger partial charge on any atom is -0.497 e. The Morgan fingerprint density at radius 1 is 1.24 bits per heavy atom. The van der Waals surface area contributed by atoms with Gasteiger partial charge in [-0.15, -0.1) is 0 Å². The average Bonchev–Trinajstić information content (AvgIpc) is 2.53. The normalized spacial score (nSPS) is 15.3. The van der Waals surface area contributed by atoms with E-state index in [1.54, 1.807) is 24.3 Å². The number of carbonyl (C=O) groups is 2. The van der Waals surface area contributed by atoms with Crippen LogP contribution in [0.1, 0.15) is 42.5 Å². The molecule has 0 spiro atoms. The molecular formula is C16H21NO4. The molecular weight excluding hydrogens is 270 g/mol. The fourth-order valence-corrected chi connectivity index (χ4v) is 2.48. The number of benzene rings is 1. The summed E-state index contributed by atoms with van der Waals surface area (Å²) in [6.07, 6.45) is 5.55. The Balaban J connectivity index is 1.78. The molecule has 1 N–H and O–H groups in total. The van der Waals surface area contributed by atoms with E-state index in [2.05, 4.69) is 5.32 Å². The largest absolute Gasteiger partial charge is 0.497 e. The maximum Gasteiger partial charge on any atom is 0.338 e. The fraction of sp³-hybridized carbons (Fsp3) is 0.500. The number of rotatable bonds is 5. The van der Waals surface area contributed by atoms with Gasteiger partial charge >= 0.3 is 5.97 Å². The summed E-state index contributed by atoms with van der Waals surface area (Å²) in [5, 5.41) is 2.91. The van der Waals surface area contributed by atoms with Crippen molar-refractivity contribution < 1.29 is 19.1 Å². The van der Waals surface area contributed by atoms with Gasteiger partial charge in [-0.3, -0.25) is 4.79 Å². The van der Waals surface area contributed by atoms with Crippen LogP contribution in [0.4, 0.5) is 0 Å². The SMILES string of the molecule is COc1cccc(C(=O)OCC(=O)NC2CCCCC2)c1. The quantitative estimate of drug-likeness (QED) is 0.845. The van der Waals surface area contributed by atoms with E-state index in [0.29, 0.717) is 11.3 Å². The molecule has 0 atom stereocenters. The zero-order valence-electron chi connectivity index (χ0n) is 12.3. The second-order valence-corrected chi connectivity index (χ2v) is 5.21. The van der Waals surface area contributed by atoms with Crippen molar-refractivity contribution in [3.63, 3.8) is 0 Å². The van der Waals surface area contributed by atoms with Gasteiger partial charge in [0.25, 0.3) is 5.91 Å². The van der Waals surface area contributed by atoms with E-state index in [9.17, 15) is 9.59 Å². The van der Waals surface area contributed by atoms with Gasteiger partial charge in [-0.05, 0) is 31.0 Å². The first-order valence-corrected chi connectivity index (χ1v) is 7.29. The number of nitrogens with one attached hydrogen (secondary N) is 1. The highest BCUT2D eigenvalue weighted by molar-refractivity contribution is 5.91. The van der Waals surface area contributed by atoms with Crippen LogP contribution in [0.5, 0.6) is 5.75 Å². The summed E-state index contributed by atoms with van der Waals surface area (Å²) in [7, 11) is 1.53. The number of hydrogen-bond acceptors (Lipinski definition) is 4. The molecule has 1 saturated carbocycles. The molecule has 114 valence electrons. The molecule has 0 aliphatic heterocycles. The van der Waals surface area contributed by atoms with Crippen molar-refractivity contribution in [1.82, 2.24) is 5.32 Å². The first-order valence-electron chi connectivity index (χ1n) is 7.29. The maximum atomic E-state index is 11.9. The summed E-state index contributed by atoms with van der Waals surface area (Å²) in [4.78, 5) is 23.6. The molecule has 1 fully saturated rings. The third-order valence-electron chi connectivity index (χ3n) is 3.61. The third kappa shape index (κ3) is 4.77. The summed E-state index contributed by atoms with van der Waals surface area (Å²) in [6, 6.07) is 6.89. The predicted octanol–water partition coefficient (Wildman–Crippen LogP) is 2.30. The van der Waals surface area contributed by atoms with E-state index in [-0.39, 0.29) is 18.6 Å². The summed E-state index contributed by atoms with van der Waals surface area (Å²) in [5.74, 6) is -0.179. The number of ether oxygens (including phenoxy) is 2. The van der Waals surface area contributed by atoms with Crippen molar-refractivity contribution in [3.8, 4) is 5.75 Å². The topological polar surface area (TPSA) is 64.6 Å². The molecule has 1 aliphatic rings. The minimum absolute atomic E-state index is 0.224. The molecule has 0 unspecified atom stereocenters. The number of hydrogen-bond donors (Lipinski definition) is 1. The molecule has 1 aromatic rings. The zero-order valence-corrected chi connectivity index (χ0v) is 12.3. The van der Waals surface area contributed by atoms with E-state index in [1.807, 2.05) is 0 Å². The molecule has 0 saturated heterocycles. The van der Waals surface area contributed by atoms with Gasteiger partial charge in [-0.25, -0.2) is 4.79 Å². The Hall–Kier alpha value is -2.04. The molecule has 21 heavy (non-hydrogen) atoms. The molecule has 5 nitrogen and oxygen atoms in total. The van der Waals surface area contributed by atoms with Gasteiger partial charge in [-0.2, -0.15) is 0 Å². The van der Waals surface area contributed by atoms with Gasteiger partial charge in [0.1, 0.15) is 5.75 Å². The van der Waals surface area contributed by atoms with Crippen LogP contribution in [0.15, 0.2) is 24.3 Å². The molecule has 0 aromatic heterocycles. The van der Waals surface area contributed by atoms with Crippen molar-refractivity contribution in [2.45, 2.75) is 38.1 Å². The highest BCUT2D eigenvalue weighted by Crippen LogP contribution is 2.17. The Bertz CT molecular complexity index is 495. The molecule has 1 amide bonds. The average molecular weight is 291 g/mol. The van der Waals surface area contributed by atoms with Crippen LogP contribution >= 0.6 is 0 Å². The second-order valence-electron chi connectivity index (χ2n) is 5.21. The summed E-state index contributed by atoms with van der Waals surface area (Å²) in [5.41, 5.74) is 0.375. The van der Waals surface area contributed by atoms with Gasteiger partial charge in [0, 0.05) is 6.04 Å². The molecule has 5 heteroatoms. The lowest BCUT2D eigenvalue weighted by Crippen LogP contribution is -2.38. The summed E-state index contributed by atoms with van der Waals surface area (Å²) >= 11 is 0. The monoisotopic (exact) mass is 291 g/mol. The van der Waals surface area contributed by atoms with Crippen molar-refractivity contribution >= 4 is 11.9 Å². The Labute approximate surface area is 124 Å². The number of amides is 1. The lowest BCUT2D eigenvalue weighted by atomic mass is 9.95. The number of methoxy groups -OCH3 is 1. The molecule has 0 radical (unpaired) electrons. The second kappa shape index (κ2) is 7.67. The van der Waals surface area contributed by atoms with Crippen LogP contribution in [0, 0.1) is 0 Å². The Morgan fingerprint density at radius 3 is 2.71 bits per heavy atom. The van der Waals surface area contributed by atoms with Crippen LogP contribution in [0.2, 0.25) is 0 Å².